The Morgan fingerprint density at radius 2 is 1.69 bits per heavy atom. The van der Waals surface area contributed by atoms with Gasteiger partial charge in [-0.1, -0.05) is 60.5 Å². The van der Waals surface area contributed by atoms with E-state index in [2.05, 4.69) is 43.0 Å². The van der Waals surface area contributed by atoms with Gasteiger partial charge in [0.15, 0.2) is 0 Å². The van der Waals surface area contributed by atoms with Crippen molar-refractivity contribution in [1.82, 2.24) is 4.90 Å². The van der Waals surface area contributed by atoms with Gasteiger partial charge in [-0.3, -0.25) is 4.79 Å². The zero-order valence-corrected chi connectivity index (χ0v) is 32.9. The minimum absolute atomic E-state index is 0.000383. The smallest absolute Gasteiger partial charge is 0.239 e. The van der Waals surface area contributed by atoms with Crippen LogP contribution in [0.25, 0.3) is 10.8 Å². The zero-order valence-electron chi connectivity index (χ0n) is 32.9. The average Bonchev–Trinajstić information content (AvgIpc) is 4.03. The number of ether oxygens (including phenoxy) is 3. The Kier molecular flexibility index (Phi) is 11.7. The number of oxime groups is 1. The van der Waals surface area contributed by atoms with E-state index in [4.69, 9.17) is 24.2 Å². The fourth-order valence-corrected chi connectivity index (χ4v) is 9.12. The summed E-state index contributed by atoms with van der Waals surface area (Å²) in [5.74, 6) is 0.837. The number of carbonyl (C=O) groups is 1. The Labute approximate surface area is 326 Å². The van der Waals surface area contributed by atoms with E-state index < -0.39 is 17.4 Å². The third kappa shape index (κ3) is 8.21. The van der Waals surface area contributed by atoms with Crippen LogP contribution in [0.5, 0.6) is 17.2 Å². The molecule has 3 aliphatic carbocycles. The van der Waals surface area contributed by atoms with E-state index in [1.165, 1.54) is 0 Å². The van der Waals surface area contributed by atoms with Crippen molar-refractivity contribution in [3.8, 4) is 17.2 Å². The molecule has 294 valence electrons. The predicted octanol–water partition coefficient (Wildman–Crippen LogP) is 8.93. The van der Waals surface area contributed by atoms with Crippen molar-refractivity contribution in [2.75, 3.05) is 26.9 Å². The number of amides is 1. The Bertz CT molecular complexity index is 1910. The molecule has 4 aliphatic rings. The molecule has 6 unspecified atom stereocenters. The second-order valence-corrected chi connectivity index (χ2v) is 16.8. The lowest BCUT2D eigenvalue weighted by molar-refractivity contribution is -0.256. The van der Waals surface area contributed by atoms with Gasteiger partial charge in [-0.15, -0.1) is 6.58 Å². The Balaban J connectivity index is 1.41. The number of benzene rings is 3. The van der Waals surface area contributed by atoms with Crippen LogP contribution in [-0.2, 0) is 14.4 Å². The van der Waals surface area contributed by atoms with Gasteiger partial charge in [0.2, 0.25) is 11.7 Å². The molecule has 55 heavy (non-hydrogen) atoms. The van der Waals surface area contributed by atoms with Crippen LogP contribution in [0.1, 0.15) is 90.0 Å². The van der Waals surface area contributed by atoms with Gasteiger partial charge in [-0.2, -0.15) is 0 Å². The van der Waals surface area contributed by atoms with Crippen molar-refractivity contribution in [3.63, 3.8) is 0 Å². The molecule has 1 heterocycles. The van der Waals surface area contributed by atoms with Gasteiger partial charge in [-0.25, -0.2) is 0 Å². The van der Waals surface area contributed by atoms with E-state index in [9.17, 15) is 15.0 Å². The molecule has 0 aromatic heterocycles. The van der Waals surface area contributed by atoms with Crippen LogP contribution >= 0.6 is 0 Å². The molecule has 9 heteroatoms. The van der Waals surface area contributed by atoms with Crippen LogP contribution in [0.3, 0.4) is 0 Å². The van der Waals surface area contributed by atoms with Gasteiger partial charge in [0.05, 0.1) is 18.2 Å². The maximum atomic E-state index is 14.0. The monoisotopic (exact) mass is 750 g/mol. The molecular formula is C46H58N2O7. The average molecular weight is 751 g/mol. The summed E-state index contributed by atoms with van der Waals surface area (Å²) in [7, 11) is 1.88. The van der Waals surface area contributed by atoms with Crippen molar-refractivity contribution in [2.24, 2.45) is 28.8 Å². The summed E-state index contributed by atoms with van der Waals surface area (Å²) in [5, 5.41) is 26.9. The molecule has 7 rings (SSSR count). The third-order valence-electron chi connectivity index (χ3n) is 11.8. The van der Waals surface area contributed by atoms with Crippen molar-refractivity contribution in [1.29, 1.82) is 0 Å². The molecule has 6 atom stereocenters. The second-order valence-electron chi connectivity index (χ2n) is 16.8. The molecule has 2 fully saturated rings. The van der Waals surface area contributed by atoms with Crippen LogP contribution in [0.2, 0.25) is 0 Å². The Hall–Kier alpha value is -4.18. The normalized spacial score (nSPS) is 26.4. The Morgan fingerprint density at radius 1 is 0.982 bits per heavy atom. The minimum atomic E-state index is -1.25. The number of fused-ring (bicyclic) bond motifs is 3. The molecule has 9 nitrogen and oxygen atoms in total. The molecule has 1 amide bonds. The fourth-order valence-electron chi connectivity index (χ4n) is 9.12. The number of carbonyl (C=O) groups excluding carboxylic acids is 1. The number of hydrogen-bond acceptors (Lipinski definition) is 8. The summed E-state index contributed by atoms with van der Waals surface area (Å²) >= 11 is 0. The number of aliphatic hydroxyl groups is 2. The van der Waals surface area contributed by atoms with Gasteiger partial charge in [0.25, 0.3) is 0 Å². The number of nitrogens with zero attached hydrogens (tertiary/aromatic N) is 2. The van der Waals surface area contributed by atoms with Gasteiger partial charge in [0, 0.05) is 44.1 Å². The minimum Gasteiger partial charge on any atom is -0.459 e. The summed E-state index contributed by atoms with van der Waals surface area (Å²) in [6, 6.07) is 20.0. The third-order valence-corrected chi connectivity index (χ3v) is 11.8. The maximum Gasteiger partial charge on any atom is 0.239 e. The van der Waals surface area contributed by atoms with Gasteiger partial charge in [-0.05, 0) is 118 Å². The topological polar surface area (TPSA) is 110 Å². The zero-order chi connectivity index (χ0) is 38.7. The number of unbranched alkanes of at least 4 members (excludes halogenated alkanes) is 2. The first-order chi connectivity index (χ1) is 26.6. The van der Waals surface area contributed by atoms with Crippen molar-refractivity contribution < 1.29 is 34.1 Å². The largest absolute Gasteiger partial charge is 0.459 e. The van der Waals surface area contributed by atoms with Crippen molar-refractivity contribution >= 4 is 22.4 Å². The van der Waals surface area contributed by atoms with Gasteiger partial charge >= 0.3 is 0 Å². The number of aliphatic hydroxyl groups excluding tert-OH is 2. The standard InChI is InChI=1S/C46H58N2O7/c1-6-25-52-46-41(48(5)44(51)31-17-18-31)29-39(47-55-45(2,3)4)37-27-33(15-9-11-23-49)36(16-10-12-24-50)42(43(37)46)38-28-35(21-22-40(38)54-46)53-34-20-19-30-13-7-8-14-32(30)26-34/h6-8,13-14,19-22,26-28,31,33,36,41-43,49-50H,1,9-12,15-18,23-25,29H2,2-5H3. The molecule has 0 bridgehead atoms. The van der Waals surface area contributed by atoms with E-state index in [-0.39, 0.29) is 55.3 Å². The van der Waals surface area contributed by atoms with E-state index in [1.807, 2.05) is 63.1 Å². The first kappa shape index (κ1) is 39.1. The number of likely N-dealkylation sites (N-methyl/N-ethyl adjacent to an activating group) is 1. The summed E-state index contributed by atoms with van der Waals surface area (Å²) < 4.78 is 20.9. The van der Waals surface area contributed by atoms with Crippen LogP contribution in [-0.4, -0.2) is 71.0 Å². The molecule has 0 spiro atoms. The highest BCUT2D eigenvalue weighted by Gasteiger charge is 2.65. The highest BCUT2D eigenvalue weighted by Crippen LogP contribution is 2.62. The van der Waals surface area contributed by atoms with E-state index >= 15 is 0 Å². The summed E-state index contributed by atoms with van der Waals surface area (Å²) in [5.41, 5.74) is 2.33. The van der Waals surface area contributed by atoms with Gasteiger partial charge < -0.3 is 34.2 Å². The quantitative estimate of drug-likeness (QED) is 0.0855. The molecule has 3 aromatic rings. The van der Waals surface area contributed by atoms with Crippen molar-refractivity contribution in [3.05, 3.63) is 90.5 Å². The van der Waals surface area contributed by atoms with E-state index in [1.54, 1.807) is 6.08 Å². The molecule has 0 radical (unpaired) electrons. The molecular weight excluding hydrogens is 693 g/mol. The summed E-state index contributed by atoms with van der Waals surface area (Å²) in [6.45, 7) is 10.5. The highest BCUT2D eigenvalue weighted by atomic mass is 16.7. The molecule has 0 saturated heterocycles. The van der Waals surface area contributed by atoms with E-state index in [0.717, 1.165) is 78.3 Å². The molecule has 1 aliphatic heterocycles. The van der Waals surface area contributed by atoms with Crippen LogP contribution in [0, 0.1) is 23.7 Å². The van der Waals surface area contributed by atoms with Crippen LogP contribution in [0.4, 0.5) is 0 Å². The highest BCUT2D eigenvalue weighted by molar-refractivity contribution is 6.03. The lowest BCUT2D eigenvalue weighted by Crippen LogP contribution is -2.69. The van der Waals surface area contributed by atoms with Crippen molar-refractivity contribution in [2.45, 2.75) is 102 Å². The number of allylic oxidation sites excluding steroid dienone is 1. The molecule has 2 saturated carbocycles. The van der Waals surface area contributed by atoms with Gasteiger partial charge in [0.1, 0.15) is 28.9 Å². The molecule has 3 aromatic carbocycles. The lowest BCUT2D eigenvalue weighted by Gasteiger charge is -2.59. The van der Waals surface area contributed by atoms with E-state index in [0.29, 0.717) is 24.3 Å². The van der Waals surface area contributed by atoms with Crippen LogP contribution in [0.15, 0.2) is 90.1 Å². The Morgan fingerprint density at radius 3 is 2.40 bits per heavy atom. The summed E-state index contributed by atoms with van der Waals surface area (Å²) in [6.07, 6.45) is 11.2. The second kappa shape index (κ2) is 16.5. The first-order valence-corrected chi connectivity index (χ1v) is 20.3. The fraction of sp³-hybridized carbons (Fsp3) is 0.522. The SMILES string of the molecule is C=CCOC12Oc3ccc(Oc4ccc5ccccc5c4)cc3C3C(CCCCO)C(CCCCO)C=C(C(=NOC(C)(C)C)CC1N(C)C(=O)C1CC1)C32. The number of hydrogen-bond donors (Lipinski definition) is 2. The number of rotatable bonds is 16. The maximum absolute atomic E-state index is 14.0. The molecule has 2 N–H and O–H groups in total. The predicted molar refractivity (Wildman–Crippen MR) is 215 cm³/mol. The first-order valence-electron chi connectivity index (χ1n) is 20.3. The van der Waals surface area contributed by atoms with Crippen LogP contribution < -0.4 is 9.47 Å². The summed E-state index contributed by atoms with van der Waals surface area (Å²) in [4.78, 5) is 22.0. The lowest BCUT2D eigenvalue weighted by atomic mass is 9.55.